The van der Waals surface area contributed by atoms with Crippen LogP contribution in [-0.2, 0) is 4.74 Å². The summed E-state index contributed by atoms with van der Waals surface area (Å²) in [6.45, 7) is 5.10. The molecule has 0 unspecified atom stereocenters. The molecule has 1 aromatic heterocycles. The lowest BCUT2D eigenvalue weighted by Gasteiger charge is -2.19. The van der Waals surface area contributed by atoms with Gasteiger partial charge in [0.15, 0.2) is 11.4 Å². The fourth-order valence-corrected chi connectivity index (χ4v) is 2.23. The van der Waals surface area contributed by atoms with Gasteiger partial charge in [-0.2, -0.15) is 5.26 Å². The lowest BCUT2D eigenvalue weighted by molar-refractivity contribution is 0.0633. The molecule has 0 aliphatic carbocycles. The van der Waals surface area contributed by atoms with Crippen LogP contribution >= 0.6 is 15.9 Å². The number of nitrogens with zero attached hydrogens (tertiary/aromatic N) is 1. The molecule has 2 aromatic rings. The van der Waals surface area contributed by atoms with Crippen molar-refractivity contribution in [2.75, 3.05) is 5.32 Å². The number of halogens is 2. The van der Waals surface area contributed by atoms with Gasteiger partial charge in [0.05, 0.1) is 5.39 Å². The quantitative estimate of drug-likeness (QED) is 0.814. The molecule has 1 N–H and O–H groups in total. The van der Waals surface area contributed by atoms with Crippen molar-refractivity contribution in [1.29, 1.82) is 5.26 Å². The average Bonchev–Trinajstić information content (AvgIpc) is 2.71. The minimum absolute atomic E-state index is 0.0298. The van der Waals surface area contributed by atoms with Crippen LogP contribution in [0, 0.1) is 17.1 Å². The molecule has 1 aromatic carbocycles. The van der Waals surface area contributed by atoms with E-state index in [0.717, 1.165) is 0 Å². The van der Waals surface area contributed by atoms with E-state index in [4.69, 9.17) is 9.15 Å². The maximum absolute atomic E-state index is 13.7. The molecule has 1 amide bonds. The average molecular weight is 355 g/mol. The smallest absolute Gasteiger partial charge is 0.414 e. The Bertz CT molecular complexity index is 756. The lowest BCUT2D eigenvalue weighted by atomic mass is 10.2. The molecule has 0 spiro atoms. The number of ether oxygens (including phenoxy) is 1. The number of nitriles is 1. The fourth-order valence-electron chi connectivity index (χ4n) is 1.72. The minimum atomic E-state index is -0.783. The van der Waals surface area contributed by atoms with E-state index >= 15 is 0 Å². The highest BCUT2D eigenvalue weighted by atomic mass is 79.9. The van der Waals surface area contributed by atoms with Crippen LogP contribution in [0.3, 0.4) is 0 Å². The van der Waals surface area contributed by atoms with Gasteiger partial charge in [0, 0.05) is 4.47 Å². The number of fused-ring (bicyclic) bond motifs is 1. The normalized spacial score (nSPS) is 11.2. The molecule has 0 radical (unpaired) electrons. The van der Waals surface area contributed by atoms with Crippen molar-refractivity contribution < 1.29 is 18.3 Å². The van der Waals surface area contributed by atoms with Crippen LogP contribution < -0.4 is 5.32 Å². The summed E-state index contributed by atoms with van der Waals surface area (Å²) >= 11 is 3.23. The summed E-state index contributed by atoms with van der Waals surface area (Å²) in [6, 6.07) is 4.56. The Labute approximate surface area is 128 Å². The number of anilines is 1. The second-order valence-electron chi connectivity index (χ2n) is 5.28. The first-order valence-corrected chi connectivity index (χ1v) is 6.83. The van der Waals surface area contributed by atoms with Crippen LogP contribution in [0.25, 0.3) is 11.0 Å². The van der Waals surface area contributed by atoms with E-state index in [2.05, 4.69) is 21.2 Å². The van der Waals surface area contributed by atoms with Crippen molar-refractivity contribution in [3.8, 4) is 6.07 Å². The van der Waals surface area contributed by atoms with Gasteiger partial charge < -0.3 is 9.15 Å². The first-order valence-electron chi connectivity index (χ1n) is 6.03. The van der Waals surface area contributed by atoms with Crippen LogP contribution in [0.4, 0.5) is 15.1 Å². The van der Waals surface area contributed by atoms with Gasteiger partial charge in [-0.25, -0.2) is 9.18 Å². The molecular formula is C14H12BrFN2O3. The molecule has 1 heterocycles. The first kappa shape index (κ1) is 15.3. The predicted octanol–water partition coefficient (Wildman–Crippen LogP) is 4.55. The molecule has 7 heteroatoms. The van der Waals surface area contributed by atoms with Crippen molar-refractivity contribution in [2.24, 2.45) is 0 Å². The van der Waals surface area contributed by atoms with E-state index in [0.29, 0.717) is 4.47 Å². The SMILES string of the molecule is CC(C)(C)OC(=O)Nc1oc2c(F)ccc(Br)c2c1C#N. The van der Waals surface area contributed by atoms with E-state index in [1.54, 1.807) is 20.8 Å². The lowest BCUT2D eigenvalue weighted by Crippen LogP contribution is -2.27. The van der Waals surface area contributed by atoms with E-state index < -0.39 is 17.5 Å². The summed E-state index contributed by atoms with van der Waals surface area (Å²) in [7, 11) is 0. The number of carbonyl (C=O) groups is 1. The van der Waals surface area contributed by atoms with Gasteiger partial charge in [-0.15, -0.1) is 0 Å². The number of benzene rings is 1. The Morgan fingerprint density at radius 1 is 1.48 bits per heavy atom. The Kier molecular flexibility index (Phi) is 3.92. The van der Waals surface area contributed by atoms with Crippen LogP contribution in [-0.4, -0.2) is 11.7 Å². The third-order valence-electron chi connectivity index (χ3n) is 2.47. The largest absolute Gasteiger partial charge is 0.444 e. The van der Waals surface area contributed by atoms with Crippen LogP contribution in [0.5, 0.6) is 0 Å². The molecule has 0 fully saturated rings. The highest BCUT2D eigenvalue weighted by Crippen LogP contribution is 2.36. The van der Waals surface area contributed by atoms with Crippen molar-refractivity contribution in [3.63, 3.8) is 0 Å². The van der Waals surface area contributed by atoms with Crippen molar-refractivity contribution in [2.45, 2.75) is 26.4 Å². The molecule has 0 saturated carbocycles. The Morgan fingerprint density at radius 3 is 2.71 bits per heavy atom. The standard InChI is InChI=1S/C14H12BrFN2O3/c1-14(2,3)21-13(19)18-12-7(6-17)10-8(15)4-5-9(16)11(10)20-12/h4-5H,1-3H3,(H,18,19). The van der Waals surface area contributed by atoms with E-state index in [9.17, 15) is 14.4 Å². The zero-order chi connectivity index (χ0) is 15.8. The maximum atomic E-state index is 13.7. The molecule has 0 aliphatic rings. The number of hydrogen-bond acceptors (Lipinski definition) is 4. The zero-order valence-electron chi connectivity index (χ0n) is 11.6. The Morgan fingerprint density at radius 2 is 2.14 bits per heavy atom. The number of carbonyl (C=O) groups excluding carboxylic acids is 1. The van der Waals surface area contributed by atoms with Gasteiger partial charge in [0.2, 0.25) is 5.88 Å². The Hall–Kier alpha value is -2.07. The van der Waals surface area contributed by atoms with Gasteiger partial charge in [-0.3, -0.25) is 5.32 Å². The molecule has 0 saturated heterocycles. The van der Waals surface area contributed by atoms with Gasteiger partial charge in [-0.05, 0) is 48.8 Å². The number of rotatable bonds is 1. The van der Waals surface area contributed by atoms with Gasteiger partial charge in [0.1, 0.15) is 17.2 Å². The van der Waals surface area contributed by atoms with Crippen molar-refractivity contribution in [3.05, 3.63) is 28.0 Å². The molecule has 0 atom stereocenters. The first-order chi connectivity index (χ1) is 9.73. The van der Waals surface area contributed by atoms with Crippen LogP contribution in [0.2, 0.25) is 0 Å². The highest BCUT2D eigenvalue weighted by Gasteiger charge is 2.23. The van der Waals surface area contributed by atoms with Crippen molar-refractivity contribution in [1.82, 2.24) is 0 Å². The van der Waals surface area contributed by atoms with E-state index in [-0.39, 0.29) is 22.4 Å². The molecule has 21 heavy (non-hydrogen) atoms. The number of amides is 1. The molecule has 110 valence electrons. The van der Waals surface area contributed by atoms with E-state index in [1.807, 2.05) is 6.07 Å². The topological polar surface area (TPSA) is 75.3 Å². The number of furan rings is 1. The van der Waals surface area contributed by atoms with Crippen LogP contribution in [0.1, 0.15) is 26.3 Å². The Balaban J connectivity index is 2.46. The molecule has 0 bridgehead atoms. The summed E-state index contributed by atoms with van der Waals surface area (Å²) in [5.74, 6) is -0.769. The van der Waals surface area contributed by atoms with Gasteiger partial charge >= 0.3 is 6.09 Å². The molecular weight excluding hydrogens is 343 g/mol. The highest BCUT2D eigenvalue weighted by molar-refractivity contribution is 9.10. The third kappa shape index (κ3) is 3.16. The monoisotopic (exact) mass is 354 g/mol. The number of hydrogen-bond donors (Lipinski definition) is 1. The summed E-state index contributed by atoms with van der Waals surface area (Å²) in [5, 5.41) is 11.8. The van der Waals surface area contributed by atoms with Gasteiger partial charge in [-0.1, -0.05) is 0 Å². The molecule has 5 nitrogen and oxygen atoms in total. The summed E-state index contributed by atoms with van der Waals surface area (Å²) in [6.07, 6.45) is -0.783. The predicted molar refractivity (Wildman–Crippen MR) is 78.4 cm³/mol. The fraction of sp³-hybridized carbons (Fsp3) is 0.286. The maximum Gasteiger partial charge on any atom is 0.414 e. The van der Waals surface area contributed by atoms with Gasteiger partial charge in [0.25, 0.3) is 0 Å². The number of nitrogens with one attached hydrogen (secondary N) is 1. The summed E-state index contributed by atoms with van der Waals surface area (Å²) in [4.78, 5) is 11.7. The summed E-state index contributed by atoms with van der Waals surface area (Å²) < 4.78 is 24.6. The van der Waals surface area contributed by atoms with Crippen molar-refractivity contribution >= 4 is 38.9 Å². The summed E-state index contributed by atoms with van der Waals surface area (Å²) in [5.41, 5.74) is -0.774. The minimum Gasteiger partial charge on any atom is -0.444 e. The second-order valence-corrected chi connectivity index (χ2v) is 6.13. The second kappa shape index (κ2) is 5.37. The van der Waals surface area contributed by atoms with Crippen LogP contribution in [0.15, 0.2) is 21.0 Å². The molecule has 2 rings (SSSR count). The zero-order valence-corrected chi connectivity index (χ0v) is 13.2. The third-order valence-corrected chi connectivity index (χ3v) is 3.13. The van der Waals surface area contributed by atoms with E-state index in [1.165, 1.54) is 12.1 Å². The molecule has 0 aliphatic heterocycles.